The van der Waals surface area contributed by atoms with E-state index in [0.29, 0.717) is 5.69 Å². The molecule has 0 spiro atoms. The van der Waals surface area contributed by atoms with Crippen LogP contribution in [0.4, 0.5) is 9.18 Å². The van der Waals surface area contributed by atoms with E-state index in [1.807, 2.05) is 0 Å². The Hall–Kier alpha value is -2.18. The Labute approximate surface area is 116 Å². The number of esters is 1. The van der Waals surface area contributed by atoms with Gasteiger partial charge in [-0.05, 0) is 32.9 Å². The molecule has 1 N–H and O–H groups in total. The minimum Gasteiger partial charge on any atom is -0.458 e. The number of pyridine rings is 1. The van der Waals surface area contributed by atoms with Crippen LogP contribution in [0.25, 0.3) is 0 Å². The summed E-state index contributed by atoms with van der Waals surface area (Å²) >= 11 is 0. The number of ether oxygens (including phenoxy) is 2. The molecule has 7 heteroatoms. The molecule has 0 atom stereocenters. The second-order valence-corrected chi connectivity index (χ2v) is 4.98. The van der Waals surface area contributed by atoms with Crippen LogP contribution in [0.1, 0.15) is 26.5 Å². The molecule has 0 aliphatic heterocycles. The highest BCUT2D eigenvalue weighted by atomic mass is 19.1. The van der Waals surface area contributed by atoms with Crippen LogP contribution in [0, 0.1) is 5.82 Å². The van der Waals surface area contributed by atoms with Crippen molar-refractivity contribution in [3.63, 3.8) is 0 Å². The number of amides is 1. The summed E-state index contributed by atoms with van der Waals surface area (Å²) in [7, 11) is 0. The van der Waals surface area contributed by atoms with E-state index in [9.17, 15) is 14.0 Å². The van der Waals surface area contributed by atoms with Gasteiger partial charge in [-0.25, -0.2) is 9.18 Å². The predicted molar refractivity (Wildman–Crippen MR) is 68.2 cm³/mol. The number of halogens is 1. The lowest BCUT2D eigenvalue weighted by atomic mass is 10.2. The molecule has 20 heavy (non-hydrogen) atoms. The monoisotopic (exact) mass is 284 g/mol. The lowest BCUT2D eigenvalue weighted by Crippen LogP contribution is -2.36. The summed E-state index contributed by atoms with van der Waals surface area (Å²) in [6.45, 7) is 4.74. The average molecular weight is 284 g/mol. The topological polar surface area (TPSA) is 77.5 Å². The molecule has 1 rings (SSSR count). The summed E-state index contributed by atoms with van der Waals surface area (Å²) in [6.07, 6.45) is 0.330. The van der Waals surface area contributed by atoms with Crippen LogP contribution in [-0.2, 0) is 20.9 Å². The van der Waals surface area contributed by atoms with E-state index in [0.717, 1.165) is 6.20 Å². The van der Waals surface area contributed by atoms with Gasteiger partial charge in [0.25, 0.3) is 0 Å². The van der Waals surface area contributed by atoms with Crippen LogP contribution in [0.3, 0.4) is 0 Å². The van der Waals surface area contributed by atoms with Gasteiger partial charge in [0.05, 0.1) is 11.9 Å². The molecule has 0 aromatic carbocycles. The van der Waals surface area contributed by atoms with Crippen molar-refractivity contribution in [2.75, 3.05) is 6.54 Å². The zero-order valence-corrected chi connectivity index (χ0v) is 11.6. The molecule has 1 aromatic heterocycles. The molecule has 0 unspecified atom stereocenters. The largest absolute Gasteiger partial charge is 0.458 e. The number of carbonyl (C=O) groups excluding carboxylic acids is 2. The molecular weight excluding hydrogens is 267 g/mol. The summed E-state index contributed by atoms with van der Waals surface area (Å²) in [5.74, 6) is -1.10. The second-order valence-electron chi connectivity index (χ2n) is 4.98. The molecule has 0 aliphatic rings. The smallest absolute Gasteiger partial charge is 0.408 e. The zero-order chi connectivity index (χ0) is 15.2. The van der Waals surface area contributed by atoms with Gasteiger partial charge < -0.3 is 14.8 Å². The number of nitrogens with one attached hydrogen (secondary N) is 1. The van der Waals surface area contributed by atoms with E-state index in [4.69, 9.17) is 9.47 Å². The maximum absolute atomic E-state index is 12.6. The Morgan fingerprint density at radius 3 is 2.60 bits per heavy atom. The maximum atomic E-state index is 12.6. The van der Waals surface area contributed by atoms with Crippen LogP contribution in [0.5, 0.6) is 0 Å². The summed E-state index contributed by atoms with van der Waals surface area (Å²) in [5.41, 5.74) is -0.219. The van der Waals surface area contributed by atoms with Gasteiger partial charge >= 0.3 is 12.1 Å². The average Bonchev–Trinajstić information content (AvgIpc) is 2.33. The summed E-state index contributed by atoms with van der Waals surface area (Å²) < 4.78 is 22.4. The molecule has 1 aromatic rings. The third-order valence-corrected chi connectivity index (χ3v) is 1.95. The number of nitrogens with zero attached hydrogens (tertiary/aromatic N) is 1. The molecule has 110 valence electrons. The van der Waals surface area contributed by atoms with Gasteiger partial charge in [0.15, 0.2) is 0 Å². The number of rotatable bonds is 4. The lowest BCUT2D eigenvalue weighted by molar-refractivity contribution is -0.143. The molecule has 0 fully saturated rings. The van der Waals surface area contributed by atoms with E-state index in [1.165, 1.54) is 12.1 Å². The van der Waals surface area contributed by atoms with E-state index < -0.39 is 23.5 Å². The van der Waals surface area contributed by atoms with Crippen molar-refractivity contribution < 1.29 is 23.5 Å². The van der Waals surface area contributed by atoms with Gasteiger partial charge in [0.1, 0.15) is 24.6 Å². The number of aromatic nitrogens is 1. The molecule has 1 amide bonds. The molecule has 0 saturated heterocycles. The highest BCUT2D eigenvalue weighted by Crippen LogP contribution is 2.06. The van der Waals surface area contributed by atoms with Crippen molar-refractivity contribution in [1.82, 2.24) is 10.3 Å². The fourth-order valence-corrected chi connectivity index (χ4v) is 1.16. The summed E-state index contributed by atoms with van der Waals surface area (Å²) in [6, 6.07) is 2.62. The highest BCUT2D eigenvalue weighted by Gasteiger charge is 2.16. The fraction of sp³-hybridized carbons (Fsp3) is 0.462. The Bertz CT molecular complexity index is 468. The van der Waals surface area contributed by atoms with E-state index >= 15 is 0 Å². The zero-order valence-electron chi connectivity index (χ0n) is 11.6. The number of hydrogen-bond acceptors (Lipinski definition) is 5. The first kappa shape index (κ1) is 15.9. The standard InChI is InChI=1S/C13H17FN2O4/c1-13(2,3)20-12(18)16-7-11(17)19-8-10-5-4-9(14)6-15-10/h4-6H,7-8H2,1-3H3,(H,16,18). The number of carbonyl (C=O) groups is 2. The SMILES string of the molecule is CC(C)(C)OC(=O)NCC(=O)OCc1ccc(F)cn1. The van der Waals surface area contributed by atoms with Crippen molar-refractivity contribution in [2.45, 2.75) is 33.0 Å². The van der Waals surface area contributed by atoms with Gasteiger partial charge in [-0.2, -0.15) is 0 Å². The Kier molecular flexibility index (Phi) is 5.42. The molecule has 0 radical (unpaired) electrons. The summed E-state index contributed by atoms with van der Waals surface area (Å²) in [4.78, 5) is 26.4. The van der Waals surface area contributed by atoms with Crippen molar-refractivity contribution in [3.05, 3.63) is 29.8 Å². The van der Waals surface area contributed by atoms with Crippen molar-refractivity contribution in [2.24, 2.45) is 0 Å². The minimum absolute atomic E-state index is 0.0882. The van der Waals surface area contributed by atoms with Gasteiger partial charge in [0, 0.05) is 0 Å². The first-order valence-corrected chi connectivity index (χ1v) is 5.99. The fourth-order valence-electron chi connectivity index (χ4n) is 1.16. The van der Waals surface area contributed by atoms with Crippen LogP contribution in [0.2, 0.25) is 0 Å². The molecule has 0 aliphatic carbocycles. The lowest BCUT2D eigenvalue weighted by Gasteiger charge is -2.19. The van der Waals surface area contributed by atoms with E-state index in [1.54, 1.807) is 20.8 Å². The molecular formula is C13H17FN2O4. The normalized spacial score (nSPS) is 10.8. The Morgan fingerprint density at radius 2 is 2.05 bits per heavy atom. The Morgan fingerprint density at radius 1 is 1.35 bits per heavy atom. The second kappa shape index (κ2) is 6.83. The first-order valence-electron chi connectivity index (χ1n) is 5.99. The first-order chi connectivity index (χ1) is 9.26. The van der Waals surface area contributed by atoms with Gasteiger partial charge in [-0.15, -0.1) is 0 Å². The van der Waals surface area contributed by atoms with Crippen LogP contribution >= 0.6 is 0 Å². The Balaban J connectivity index is 2.27. The van der Waals surface area contributed by atoms with E-state index in [-0.39, 0.29) is 13.2 Å². The highest BCUT2D eigenvalue weighted by molar-refractivity contribution is 5.77. The number of hydrogen-bond donors (Lipinski definition) is 1. The quantitative estimate of drug-likeness (QED) is 0.853. The minimum atomic E-state index is -0.700. The molecule has 0 bridgehead atoms. The molecule has 1 heterocycles. The third-order valence-electron chi connectivity index (χ3n) is 1.95. The predicted octanol–water partition coefficient (Wildman–Crippen LogP) is 1.79. The summed E-state index contributed by atoms with van der Waals surface area (Å²) in [5, 5.41) is 2.27. The molecule has 0 saturated carbocycles. The van der Waals surface area contributed by atoms with Gasteiger partial charge in [0.2, 0.25) is 0 Å². The van der Waals surface area contributed by atoms with Crippen molar-refractivity contribution >= 4 is 12.1 Å². The van der Waals surface area contributed by atoms with Crippen molar-refractivity contribution in [1.29, 1.82) is 0 Å². The van der Waals surface area contributed by atoms with E-state index in [2.05, 4.69) is 10.3 Å². The third kappa shape index (κ3) is 6.67. The maximum Gasteiger partial charge on any atom is 0.408 e. The van der Waals surface area contributed by atoms with Gasteiger partial charge in [-0.3, -0.25) is 9.78 Å². The van der Waals surface area contributed by atoms with Crippen LogP contribution < -0.4 is 5.32 Å². The van der Waals surface area contributed by atoms with Crippen molar-refractivity contribution in [3.8, 4) is 0 Å². The number of alkyl carbamates (subject to hydrolysis) is 1. The molecule has 6 nitrogen and oxygen atoms in total. The van der Waals surface area contributed by atoms with Gasteiger partial charge in [-0.1, -0.05) is 0 Å². The van der Waals surface area contributed by atoms with Crippen LogP contribution in [0.15, 0.2) is 18.3 Å². The van der Waals surface area contributed by atoms with Crippen LogP contribution in [-0.4, -0.2) is 29.2 Å².